The van der Waals surface area contributed by atoms with E-state index in [0.717, 1.165) is 61.1 Å². The average molecular weight is 516 g/mol. The lowest BCUT2D eigenvalue weighted by Gasteiger charge is -2.22. The lowest BCUT2D eigenvalue weighted by Crippen LogP contribution is -2.40. The average Bonchev–Trinajstić information content (AvgIpc) is 2.99. The molecule has 0 saturated heterocycles. The van der Waals surface area contributed by atoms with Crippen LogP contribution in [0, 0.1) is 0 Å². The summed E-state index contributed by atoms with van der Waals surface area (Å²) in [7, 11) is -3.46. The molecule has 0 radical (unpaired) electrons. The predicted octanol–water partition coefficient (Wildman–Crippen LogP) is 2.92. The van der Waals surface area contributed by atoms with Crippen LogP contribution in [0.5, 0.6) is 0 Å². The van der Waals surface area contributed by atoms with Crippen molar-refractivity contribution < 1.29 is 23.1 Å². The van der Waals surface area contributed by atoms with Crippen LogP contribution in [-0.2, 0) is 34.2 Å². The second-order valence-electron chi connectivity index (χ2n) is 9.47. The molecule has 4 N–H and O–H groups in total. The van der Waals surface area contributed by atoms with E-state index in [1.807, 2.05) is 6.07 Å². The molecule has 4 rings (SSSR count). The number of hydrogen-bond acceptors (Lipinski definition) is 6. The van der Waals surface area contributed by atoms with Crippen molar-refractivity contribution in [2.75, 3.05) is 35.9 Å². The Labute approximate surface area is 211 Å². The van der Waals surface area contributed by atoms with Gasteiger partial charge in [-0.2, -0.15) is 0 Å². The molecule has 2 aliphatic heterocycles. The SMILES string of the molecule is CS(=O)(=O)Nc1ccc2c(c1)CN(C(=O)NCCCc1ccc3c(n1)NCCC3)CCC2CC(=O)O. The number of carboxylic acids is 1. The number of nitrogens with zero attached hydrogens (tertiary/aromatic N) is 2. The van der Waals surface area contributed by atoms with Gasteiger partial charge in [-0.1, -0.05) is 12.1 Å². The topological polar surface area (TPSA) is 141 Å². The minimum Gasteiger partial charge on any atom is -0.481 e. The van der Waals surface area contributed by atoms with Crippen molar-refractivity contribution >= 4 is 33.5 Å². The molecule has 2 amide bonds. The van der Waals surface area contributed by atoms with Crippen LogP contribution in [0.15, 0.2) is 30.3 Å². The highest BCUT2D eigenvalue weighted by molar-refractivity contribution is 7.92. The van der Waals surface area contributed by atoms with Crippen molar-refractivity contribution in [1.82, 2.24) is 15.2 Å². The van der Waals surface area contributed by atoms with E-state index < -0.39 is 16.0 Å². The number of benzene rings is 1. The molecular formula is C25H33N5O5S. The van der Waals surface area contributed by atoms with Crippen LogP contribution in [0.4, 0.5) is 16.3 Å². The fourth-order valence-electron chi connectivity index (χ4n) is 4.85. The third kappa shape index (κ3) is 6.87. The van der Waals surface area contributed by atoms with Crippen LogP contribution in [0.3, 0.4) is 0 Å². The summed E-state index contributed by atoms with van der Waals surface area (Å²) >= 11 is 0. The summed E-state index contributed by atoms with van der Waals surface area (Å²) in [4.78, 5) is 30.8. The highest BCUT2D eigenvalue weighted by atomic mass is 32.2. The lowest BCUT2D eigenvalue weighted by atomic mass is 9.90. The van der Waals surface area contributed by atoms with Gasteiger partial charge in [0.05, 0.1) is 12.7 Å². The second kappa shape index (κ2) is 11.2. The summed E-state index contributed by atoms with van der Waals surface area (Å²) in [6.45, 7) is 2.11. The zero-order valence-corrected chi connectivity index (χ0v) is 21.2. The number of sulfonamides is 1. The second-order valence-corrected chi connectivity index (χ2v) is 11.2. The Morgan fingerprint density at radius 2 is 2.06 bits per heavy atom. The molecular weight excluding hydrogens is 482 g/mol. The van der Waals surface area contributed by atoms with Gasteiger partial charge in [0.2, 0.25) is 10.0 Å². The fourth-order valence-corrected chi connectivity index (χ4v) is 5.41. The number of carbonyl (C=O) groups is 2. The van der Waals surface area contributed by atoms with Crippen molar-refractivity contribution in [3.63, 3.8) is 0 Å². The van der Waals surface area contributed by atoms with E-state index in [-0.39, 0.29) is 24.9 Å². The molecule has 2 aliphatic rings. The maximum atomic E-state index is 13.0. The van der Waals surface area contributed by atoms with Crippen LogP contribution < -0.4 is 15.4 Å². The zero-order chi connectivity index (χ0) is 25.7. The quantitative estimate of drug-likeness (QED) is 0.396. The number of nitrogens with one attached hydrogen (secondary N) is 3. The van der Waals surface area contributed by atoms with Crippen LogP contribution in [0.25, 0.3) is 0 Å². The molecule has 0 spiro atoms. The molecule has 0 bridgehead atoms. The Balaban J connectivity index is 1.38. The summed E-state index contributed by atoms with van der Waals surface area (Å²) in [6.07, 6.45) is 5.19. The summed E-state index contributed by atoms with van der Waals surface area (Å²) in [6, 6.07) is 9.03. The van der Waals surface area contributed by atoms with Gasteiger partial charge in [-0.25, -0.2) is 18.2 Å². The number of pyridine rings is 1. The van der Waals surface area contributed by atoms with Gasteiger partial charge in [-0.05, 0) is 72.9 Å². The molecule has 1 atom stereocenters. The van der Waals surface area contributed by atoms with Gasteiger partial charge in [0, 0.05) is 37.6 Å². The summed E-state index contributed by atoms with van der Waals surface area (Å²) in [5.74, 6) is -0.203. The number of rotatable bonds is 8. The van der Waals surface area contributed by atoms with E-state index in [9.17, 15) is 23.1 Å². The number of aromatic nitrogens is 1. The normalized spacial score (nSPS) is 17.2. The molecule has 0 fully saturated rings. The van der Waals surface area contributed by atoms with Gasteiger partial charge >= 0.3 is 12.0 Å². The third-order valence-electron chi connectivity index (χ3n) is 6.54. The molecule has 1 unspecified atom stereocenters. The zero-order valence-electron chi connectivity index (χ0n) is 20.4. The van der Waals surface area contributed by atoms with Crippen molar-refractivity contribution in [1.29, 1.82) is 0 Å². The standard InChI is InChI=1S/C25H33N5O5S/c1-36(34,35)29-21-8-9-22-18(15-23(31)32)10-13-30(16-19(22)14-21)25(33)27-12-3-5-20-7-6-17-4-2-11-26-24(17)28-20/h6-9,14,18,29H,2-5,10-13,15-16H2,1H3,(H,26,28)(H,27,33)(H,31,32). The maximum Gasteiger partial charge on any atom is 0.317 e. The van der Waals surface area contributed by atoms with Crippen molar-refractivity contribution in [2.24, 2.45) is 0 Å². The van der Waals surface area contributed by atoms with E-state index >= 15 is 0 Å². The highest BCUT2D eigenvalue weighted by Gasteiger charge is 2.27. The van der Waals surface area contributed by atoms with Crippen LogP contribution in [0.2, 0.25) is 0 Å². The van der Waals surface area contributed by atoms with Gasteiger partial charge in [-0.15, -0.1) is 0 Å². The Hall–Kier alpha value is -3.34. The van der Waals surface area contributed by atoms with Gasteiger partial charge < -0.3 is 20.6 Å². The first-order chi connectivity index (χ1) is 17.2. The van der Waals surface area contributed by atoms with Gasteiger partial charge in [0.25, 0.3) is 0 Å². The molecule has 11 heteroatoms. The number of fused-ring (bicyclic) bond motifs is 2. The first-order valence-electron chi connectivity index (χ1n) is 12.3. The van der Waals surface area contributed by atoms with E-state index in [1.165, 1.54) is 5.56 Å². The van der Waals surface area contributed by atoms with E-state index in [1.54, 1.807) is 23.1 Å². The number of carboxylic acid groups (broad SMARTS) is 1. The number of aliphatic carboxylic acids is 1. The van der Waals surface area contributed by atoms with E-state index in [4.69, 9.17) is 4.98 Å². The molecule has 2 aromatic rings. The van der Waals surface area contributed by atoms with Gasteiger partial charge in [0.1, 0.15) is 5.82 Å². The molecule has 36 heavy (non-hydrogen) atoms. The smallest absolute Gasteiger partial charge is 0.317 e. The molecule has 194 valence electrons. The highest BCUT2D eigenvalue weighted by Crippen LogP contribution is 2.33. The number of urea groups is 1. The lowest BCUT2D eigenvalue weighted by molar-refractivity contribution is -0.137. The number of carbonyl (C=O) groups excluding carboxylic acids is 1. The molecule has 1 aromatic carbocycles. The number of anilines is 2. The number of aryl methyl sites for hydroxylation is 2. The summed E-state index contributed by atoms with van der Waals surface area (Å²) in [5.41, 5.74) is 4.20. The van der Waals surface area contributed by atoms with Crippen molar-refractivity contribution in [3.05, 3.63) is 52.7 Å². The van der Waals surface area contributed by atoms with Crippen LogP contribution in [-0.4, -0.2) is 61.3 Å². The molecule has 0 aliphatic carbocycles. The molecule has 0 saturated carbocycles. The Bertz CT molecular complexity index is 1230. The minimum absolute atomic E-state index is 0.0516. The van der Waals surface area contributed by atoms with Crippen molar-refractivity contribution in [2.45, 2.75) is 51.0 Å². The van der Waals surface area contributed by atoms with Crippen LogP contribution in [0.1, 0.15) is 54.0 Å². The maximum absolute atomic E-state index is 13.0. The number of hydrogen-bond donors (Lipinski definition) is 4. The Morgan fingerprint density at radius 1 is 1.22 bits per heavy atom. The van der Waals surface area contributed by atoms with Crippen molar-refractivity contribution in [3.8, 4) is 0 Å². The minimum atomic E-state index is -3.46. The van der Waals surface area contributed by atoms with E-state index in [0.29, 0.717) is 25.2 Å². The number of amides is 2. The summed E-state index contributed by atoms with van der Waals surface area (Å²) in [5, 5.41) is 15.7. The first kappa shape index (κ1) is 25.7. The molecule has 3 heterocycles. The summed E-state index contributed by atoms with van der Waals surface area (Å²) < 4.78 is 25.8. The predicted molar refractivity (Wildman–Crippen MR) is 138 cm³/mol. The largest absolute Gasteiger partial charge is 0.481 e. The molecule has 10 nitrogen and oxygen atoms in total. The fraction of sp³-hybridized carbons (Fsp3) is 0.480. The first-order valence-corrected chi connectivity index (χ1v) is 14.1. The Kier molecular flexibility index (Phi) is 7.97. The van der Waals surface area contributed by atoms with Gasteiger partial charge in [-0.3, -0.25) is 9.52 Å². The monoisotopic (exact) mass is 515 g/mol. The van der Waals surface area contributed by atoms with Crippen LogP contribution >= 0.6 is 0 Å². The third-order valence-corrected chi connectivity index (χ3v) is 7.15. The van der Waals surface area contributed by atoms with E-state index in [2.05, 4.69) is 21.4 Å². The molecule has 1 aromatic heterocycles. The Morgan fingerprint density at radius 3 is 2.83 bits per heavy atom. The van der Waals surface area contributed by atoms with Gasteiger partial charge in [0.15, 0.2) is 0 Å².